The van der Waals surface area contributed by atoms with Gasteiger partial charge >= 0.3 is 6.09 Å². The van der Waals surface area contributed by atoms with Crippen LogP contribution in [0.4, 0.5) is 4.79 Å². The maximum atomic E-state index is 13.3. The van der Waals surface area contributed by atoms with Gasteiger partial charge in [0.25, 0.3) is 0 Å². The Morgan fingerprint density at radius 2 is 1.85 bits per heavy atom. The number of imidazole rings is 1. The molecular formula is C25H30N6O3. The van der Waals surface area contributed by atoms with Gasteiger partial charge in [-0.1, -0.05) is 13.8 Å². The highest BCUT2D eigenvalue weighted by Crippen LogP contribution is 2.33. The normalized spacial score (nSPS) is 17.1. The summed E-state index contributed by atoms with van der Waals surface area (Å²) in [7, 11) is 1.30. The fraction of sp³-hybridized carbons (Fsp3) is 0.400. The van der Waals surface area contributed by atoms with Crippen molar-refractivity contribution in [1.82, 2.24) is 30.2 Å². The molecule has 0 bridgehead atoms. The Labute approximate surface area is 197 Å². The van der Waals surface area contributed by atoms with Crippen molar-refractivity contribution in [3.63, 3.8) is 0 Å². The van der Waals surface area contributed by atoms with E-state index in [1.807, 2.05) is 24.9 Å². The third-order valence-corrected chi connectivity index (χ3v) is 6.62. The van der Waals surface area contributed by atoms with Crippen molar-refractivity contribution in [2.24, 2.45) is 5.92 Å². The van der Waals surface area contributed by atoms with Crippen LogP contribution in [0.1, 0.15) is 44.2 Å². The number of amides is 2. The third kappa shape index (κ3) is 3.91. The second-order valence-corrected chi connectivity index (χ2v) is 9.39. The fourth-order valence-corrected chi connectivity index (χ4v) is 4.89. The van der Waals surface area contributed by atoms with Crippen molar-refractivity contribution in [1.29, 1.82) is 0 Å². The highest BCUT2D eigenvalue weighted by atomic mass is 16.5. The number of fused-ring (bicyclic) bond motifs is 2. The summed E-state index contributed by atoms with van der Waals surface area (Å²) < 4.78 is 4.71. The molecule has 4 heterocycles. The van der Waals surface area contributed by atoms with Crippen LogP contribution in [0, 0.1) is 12.8 Å². The minimum atomic E-state index is -0.649. The van der Waals surface area contributed by atoms with Gasteiger partial charge in [-0.3, -0.25) is 4.79 Å². The van der Waals surface area contributed by atoms with Crippen LogP contribution in [0.25, 0.3) is 33.2 Å². The number of aromatic amines is 3. The van der Waals surface area contributed by atoms with Crippen LogP contribution in [0.5, 0.6) is 0 Å². The van der Waals surface area contributed by atoms with Gasteiger partial charge in [-0.15, -0.1) is 0 Å². The molecule has 2 atom stereocenters. The van der Waals surface area contributed by atoms with Crippen molar-refractivity contribution in [3.05, 3.63) is 42.0 Å². The number of ether oxygens (including phenoxy) is 1. The van der Waals surface area contributed by atoms with Crippen LogP contribution in [-0.4, -0.2) is 56.5 Å². The molecular weight excluding hydrogens is 432 g/mol. The smallest absolute Gasteiger partial charge is 0.407 e. The van der Waals surface area contributed by atoms with E-state index in [9.17, 15) is 9.59 Å². The zero-order valence-corrected chi connectivity index (χ0v) is 19.9. The van der Waals surface area contributed by atoms with Crippen LogP contribution < -0.4 is 5.32 Å². The van der Waals surface area contributed by atoms with E-state index in [2.05, 4.69) is 56.4 Å². The van der Waals surface area contributed by atoms with Gasteiger partial charge in [-0.05, 0) is 49.9 Å². The summed E-state index contributed by atoms with van der Waals surface area (Å²) in [4.78, 5) is 41.8. The SMILES string of the molecule is COC(=O)N[C@@H](C(=O)N1CCCC1c1ncc(-c2cc3cc4cc(C)[nH]c4cc3[nH]2)[nH]1)C(C)C. The number of nitrogens with one attached hydrogen (secondary N) is 4. The molecule has 1 fully saturated rings. The van der Waals surface area contributed by atoms with E-state index in [-0.39, 0.29) is 17.9 Å². The molecule has 0 spiro atoms. The summed E-state index contributed by atoms with van der Waals surface area (Å²) in [5.74, 6) is 0.570. The molecule has 1 unspecified atom stereocenters. The number of rotatable bonds is 5. The molecule has 3 aromatic heterocycles. The standard InChI is InChI=1S/C25H30N6O3/c1-13(2)22(30-25(33)34-4)24(32)31-7-5-6-21(31)23-26-12-20(29-23)19-10-16-9-15-8-14(3)27-17(15)11-18(16)28-19/h8-13,21-22,27-28H,5-7H2,1-4H3,(H,26,29)(H,30,33)/t21?,22-/m1/s1. The number of aryl methyl sites for hydroxylation is 1. The topological polar surface area (TPSA) is 119 Å². The molecule has 5 rings (SSSR count). The average molecular weight is 463 g/mol. The summed E-state index contributed by atoms with van der Waals surface area (Å²) >= 11 is 0. The number of carbonyl (C=O) groups excluding carboxylic acids is 2. The van der Waals surface area contributed by atoms with Gasteiger partial charge in [0.15, 0.2) is 0 Å². The van der Waals surface area contributed by atoms with Crippen molar-refractivity contribution < 1.29 is 14.3 Å². The minimum Gasteiger partial charge on any atom is -0.453 e. The lowest BCUT2D eigenvalue weighted by Gasteiger charge is -2.30. The lowest BCUT2D eigenvalue weighted by molar-refractivity contribution is -0.135. The van der Waals surface area contributed by atoms with E-state index < -0.39 is 12.1 Å². The first-order valence-electron chi connectivity index (χ1n) is 11.7. The van der Waals surface area contributed by atoms with Gasteiger partial charge in [0.05, 0.1) is 30.7 Å². The molecule has 0 saturated carbocycles. The van der Waals surface area contributed by atoms with Gasteiger partial charge in [-0.2, -0.15) is 0 Å². The largest absolute Gasteiger partial charge is 0.453 e. The predicted octanol–water partition coefficient (Wildman–Crippen LogP) is 4.39. The number of alkyl carbamates (subject to hydrolysis) is 1. The molecule has 1 aliphatic heterocycles. The number of H-pyrrole nitrogens is 3. The van der Waals surface area contributed by atoms with Crippen molar-refractivity contribution in [2.45, 2.75) is 45.7 Å². The Morgan fingerprint density at radius 3 is 2.62 bits per heavy atom. The van der Waals surface area contributed by atoms with Gasteiger partial charge in [0.1, 0.15) is 11.9 Å². The summed E-state index contributed by atoms with van der Waals surface area (Å²) in [5.41, 5.74) is 5.11. The number of hydrogen-bond acceptors (Lipinski definition) is 4. The first kappa shape index (κ1) is 22.1. The Balaban J connectivity index is 1.40. The minimum absolute atomic E-state index is 0.0684. The molecule has 9 heteroatoms. The Hall–Kier alpha value is -3.75. The summed E-state index contributed by atoms with van der Waals surface area (Å²) in [6.45, 7) is 6.50. The lowest BCUT2D eigenvalue weighted by Crippen LogP contribution is -2.51. The predicted molar refractivity (Wildman–Crippen MR) is 130 cm³/mol. The molecule has 0 aliphatic carbocycles. The molecule has 2 amide bonds. The maximum Gasteiger partial charge on any atom is 0.407 e. The van der Waals surface area contributed by atoms with Crippen LogP contribution in [0.15, 0.2) is 30.5 Å². The third-order valence-electron chi connectivity index (χ3n) is 6.62. The maximum absolute atomic E-state index is 13.3. The Morgan fingerprint density at radius 1 is 1.09 bits per heavy atom. The zero-order valence-electron chi connectivity index (χ0n) is 19.9. The number of likely N-dealkylation sites (tertiary alicyclic amines) is 1. The molecule has 178 valence electrons. The fourth-order valence-electron chi connectivity index (χ4n) is 4.89. The number of nitrogens with zero attached hydrogens (tertiary/aromatic N) is 2. The van der Waals surface area contributed by atoms with Crippen LogP contribution >= 0.6 is 0 Å². The van der Waals surface area contributed by atoms with Crippen molar-refractivity contribution in [3.8, 4) is 11.4 Å². The quantitative estimate of drug-likeness (QED) is 0.352. The first-order chi connectivity index (χ1) is 16.3. The lowest BCUT2D eigenvalue weighted by atomic mass is 10.0. The summed E-state index contributed by atoms with van der Waals surface area (Å²) in [5, 5.41) is 5.00. The van der Waals surface area contributed by atoms with Gasteiger partial charge in [0, 0.05) is 34.0 Å². The monoisotopic (exact) mass is 462 g/mol. The zero-order chi connectivity index (χ0) is 24.0. The molecule has 4 aromatic rings. The number of benzene rings is 1. The second kappa shape index (κ2) is 8.55. The van der Waals surface area contributed by atoms with E-state index >= 15 is 0 Å². The number of hydrogen-bond donors (Lipinski definition) is 4. The Bertz CT molecular complexity index is 1310. The number of methoxy groups -OCH3 is 1. The Kier molecular flexibility index (Phi) is 5.55. The second-order valence-electron chi connectivity index (χ2n) is 9.39. The van der Waals surface area contributed by atoms with Gasteiger partial charge < -0.3 is 29.9 Å². The number of aromatic nitrogens is 4. The number of carbonyl (C=O) groups is 2. The van der Waals surface area contributed by atoms with E-state index in [0.29, 0.717) is 6.54 Å². The van der Waals surface area contributed by atoms with Crippen LogP contribution in [0.2, 0.25) is 0 Å². The first-order valence-corrected chi connectivity index (χ1v) is 11.7. The molecule has 1 aliphatic rings. The summed E-state index contributed by atoms with van der Waals surface area (Å²) in [6.07, 6.45) is 2.91. The molecule has 1 saturated heterocycles. The molecule has 9 nitrogen and oxygen atoms in total. The average Bonchev–Trinajstić information content (AvgIpc) is 3.58. The van der Waals surface area contributed by atoms with E-state index in [1.54, 1.807) is 0 Å². The van der Waals surface area contributed by atoms with Crippen LogP contribution in [0.3, 0.4) is 0 Å². The highest BCUT2D eigenvalue weighted by molar-refractivity contribution is 5.97. The van der Waals surface area contributed by atoms with E-state index in [0.717, 1.165) is 52.2 Å². The van der Waals surface area contributed by atoms with E-state index in [4.69, 9.17) is 4.74 Å². The molecule has 0 radical (unpaired) electrons. The van der Waals surface area contributed by atoms with Crippen LogP contribution in [-0.2, 0) is 9.53 Å². The molecule has 34 heavy (non-hydrogen) atoms. The molecule has 4 N–H and O–H groups in total. The summed E-state index contributed by atoms with van der Waals surface area (Å²) in [6, 6.07) is 7.73. The van der Waals surface area contributed by atoms with Gasteiger partial charge in [-0.25, -0.2) is 9.78 Å². The van der Waals surface area contributed by atoms with Crippen molar-refractivity contribution in [2.75, 3.05) is 13.7 Å². The molecule has 1 aromatic carbocycles. The van der Waals surface area contributed by atoms with E-state index in [1.165, 1.54) is 12.5 Å². The highest BCUT2D eigenvalue weighted by Gasteiger charge is 2.37. The van der Waals surface area contributed by atoms with Gasteiger partial charge in [0.2, 0.25) is 5.91 Å². The van der Waals surface area contributed by atoms with Crippen molar-refractivity contribution >= 4 is 33.8 Å².